The van der Waals surface area contributed by atoms with Gasteiger partial charge in [-0.25, -0.2) is 0 Å². The van der Waals surface area contributed by atoms with Crippen LogP contribution in [0.25, 0.3) is 0 Å². The summed E-state index contributed by atoms with van der Waals surface area (Å²) in [7, 11) is 0. The standard InChI is InChI=1S/C12H17NOS/c1-2-10-4-9-15-12(10)11(3-1)13-5-7-14-8-6-13/h4,9,11H,1-3,5-8H2. The van der Waals surface area contributed by atoms with E-state index in [0.29, 0.717) is 6.04 Å². The molecule has 0 radical (unpaired) electrons. The first-order valence-corrected chi connectivity index (χ1v) is 6.71. The Kier molecular flexibility index (Phi) is 2.77. The van der Waals surface area contributed by atoms with Crippen molar-refractivity contribution in [1.82, 2.24) is 4.90 Å². The minimum Gasteiger partial charge on any atom is -0.379 e. The number of nitrogens with zero attached hydrogens (tertiary/aromatic N) is 1. The van der Waals surface area contributed by atoms with Gasteiger partial charge in [-0.3, -0.25) is 4.90 Å². The van der Waals surface area contributed by atoms with Gasteiger partial charge in [0.15, 0.2) is 0 Å². The molecular formula is C12H17NOS. The number of aryl methyl sites for hydroxylation is 1. The fraction of sp³-hybridized carbons (Fsp3) is 0.667. The predicted octanol–water partition coefficient (Wildman–Crippen LogP) is 2.46. The maximum Gasteiger partial charge on any atom is 0.0594 e. The molecule has 0 spiro atoms. The number of hydrogen-bond acceptors (Lipinski definition) is 3. The summed E-state index contributed by atoms with van der Waals surface area (Å²) in [5.74, 6) is 0. The second-order valence-electron chi connectivity index (χ2n) is 4.37. The Labute approximate surface area is 94.9 Å². The second kappa shape index (κ2) is 4.24. The first kappa shape index (κ1) is 9.82. The highest BCUT2D eigenvalue weighted by atomic mass is 32.1. The summed E-state index contributed by atoms with van der Waals surface area (Å²) in [6, 6.07) is 3.00. The highest BCUT2D eigenvalue weighted by Crippen LogP contribution is 2.37. The third-order valence-electron chi connectivity index (χ3n) is 3.49. The van der Waals surface area contributed by atoms with E-state index in [1.807, 2.05) is 11.3 Å². The zero-order chi connectivity index (χ0) is 10.1. The zero-order valence-electron chi connectivity index (χ0n) is 8.95. The van der Waals surface area contributed by atoms with Crippen molar-refractivity contribution >= 4 is 11.3 Å². The van der Waals surface area contributed by atoms with E-state index in [1.54, 1.807) is 10.4 Å². The third kappa shape index (κ3) is 1.84. The monoisotopic (exact) mass is 223 g/mol. The van der Waals surface area contributed by atoms with Crippen LogP contribution in [0.15, 0.2) is 11.4 Å². The van der Waals surface area contributed by atoms with Crippen molar-refractivity contribution in [2.45, 2.75) is 25.3 Å². The zero-order valence-corrected chi connectivity index (χ0v) is 9.76. The van der Waals surface area contributed by atoms with Gasteiger partial charge in [-0.15, -0.1) is 11.3 Å². The summed E-state index contributed by atoms with van der Waals surface area (Å²) in [5.41, 5.74) is 1.60. The molecule has 1 saturated heterocycles. The SMILES string of the molecule is c1cc2c(s1)C(N1CCOCC1)CCC2. The fourth-order valence-electron chi connectivity index (χ4n) is 2.70. The van der Waals surface area contributed by atoms with E-state index in [0.717, 1.165) is 26.3 Å². The van der Waals surface area contributed by atoms with E-state index in [2.05, 4.69) is 16.3 Å². The molecule has 0 N–H and O–H groups in total. The number of thiophene rings is 1. The Morgan fingerprint density at radius 2 is 2.20 bits per heavy atom. The molecule has 0 saturated carbocycles. The van der Waals surface area contributed by atoms with Gasteiger partial charge < -0.3 is 4.74 Å². The molecule has 1 aliphatic carbocycles. The van der Waals surface area contributed by atoms with Crippen LogP contribution in [0.5, 0.6) is 0 Å². The maximum atomic E-state index is 5.42. The van der Waals surface area contributed by atoms with Gasteiger partial charge in [-0.1, -0.05) is 0 Å². The van der Waals surface area contributed by atoms with Crippen molar-refractivity contribution in [2.75, 3.05) is 26.3 Å². The molecule has 2 heterocycles. The molecule has 1 fully saturated rings. The van der Waals surface area contributed by atoms with Crippen LogP contribution in [0.2, 0.25) is 0 Å². The average molecular weight is 223 g/mol. The first-order valence-electron chi connectivity index (χ1n) is 5.83. The van der Waals surface area contributed by atoms with Crippen LogP contribution >= 0.6 is 11.3 Å². The van der Waals surface area contributed by atoms with Gasteiger partial charge in [0.25, 0.3) is 0 Å². The van der Waals surface area contributed by atoms with Crippen molar-refractivity contribution in [2.24, 2.45) is 0 Å². The Balaban J connectivity index is 1.82. The van der Waals surface area contributed by atoms with Crippen molar-refractivity contribution in [3.63, 3.8) is 0 Å². The summed E-state index contributed by atoms with van der Waals surface area (Å²) in [4.78, 5) is 4.24. The third-order valence-corrected chi connectivity index (χ3v) is 4.55. The minimum atomic E-state index is 0.692. The first-order chi connectivity index (χ1) is 7.45. The molecule has 82 valence electrons. The minimum absolute atomic E-state index is 0.692. The lowest BCUT2D eigenvalue weighted by molar-refractivity contribution is 0.0133. The number of morpholine rings is 1. The Hall–Kier alpha value is -0.380. The van der Waals surface area contributed by atoms with Crippen LogP contribution in [-0.4, -0.2) is 31.2 Å². The van der Waals surface area contributed by atoms with Gasteiger partial charge in [-0.2, -0.15) is 0 Å². The van der Waals surface area contributed by atoms with Crippen molar-refractivity contribution < 1.29 is 4.74 Å². The Morgan fingerprint density at radius 3 is 3.07 bits per heavy atom. The molecule has 1 atom stereocenters. The van der Waals surface area contributed by atoms with Crippen molar-refractivity contribution in [3.05, 3.63) is 21.9 Å². The van der Waals surface area contributed by atoms with E-state index in [-0.39, 0.29) is 0 Å². The van der Waals surface area contributed by atoms with Crippen molar-refractivity contribution in [3.8, 4) is 0 Å². The topological polar surface area (TPSA) is 12.5 Å². The molecule has 1 aromatic rings. The molecular weight excluding hydrogens is 206 g/mol. The predicted molar refractivity (Wildman–Crippen MR) is 62.4 cm³/mol. The van der Waals surface area contributed by atoms with Gasteiger partial charge in [0.2, 0.25) is 0 Å². The molecule has 0 amide bonds. The smallest absolute Gasteiger partial charge is 0.0594 e. The summed E-state index contributed by atoms with van der Waals surface area (Å²) >= 11 is 1.94. The second-order valence-corrected chi connectivity index (χ2v) is 5.31. The molecule has 15 heavy (non-hydrogen) atoms. The molecule has 0 aromatic carbocycles. The molecule has 0 bridgehead atoms. The summed E-state index contributed by atoms with van der Waals surface area (Å²) in [6.07, 6.45) is 3.99. The molecule has 1 unspecified atom stereocenters. The lowest BCUT2D eigenvalue weighted by atomic mass is 9.94. The van der Waals surface area contributed by atoms with Crippen LogP contribution in [-0.2, 0) is 11.2 Å². The molecule has 3 heteroatoms. The Morgan fingerprint density at radius 1 is 1.33 bits per heavy atom. The van der Waals surface area contributed by atoms with Crippen molar-refractivity contribution in [1.29, 1.82) is 0 Å². The number of rotatable bonds is 1. The van der Waals surface area contributed by atoms with Gasteiger partial charge in [0, 0.05) is 24.0 Å². The van der Waals surface area contributed by atoms with E-state index < -0.39 is 0 Å². The lowest BCUT2D eigenvalue weighted by Gasteiger charge is -2.36. The highest BCUT2D eigenvalue weighted by Gasteiger charge is 2.27. The van der Waals surface area contributed by atoms with Crippen LogP contribution < -0.4 is 0 Å². The van der Waals surface area contributed by atoms with Crippen LogP contribution in [0, 0.1) is 0 Å². The number of ether oxygens (including phenoxy) is 1. The average Bonchev–Trinajstić information content (AvgIpc) is 2.78. The van der Waals surface area contributed by atoms with Gasteiger partial charge in [0.1, 0.15) is 0 Å². The van der Waals surface area contributed by atoms with E-state index >= 15 is 0 Å². The molecule has 1 aliphatic heterocycles. The summed E-state index contributed by atoms with van der Waals surface area (Å²) < 4.78 is 5.42. The van der Waals surface area contributed by atoms with Crippen LogP contribution in [0.3, 0.4) is 0 Å². The summed E-state index contributed by atoms with van der Waals surface area (Å²) in [6.45, 7) is 4.05. The fourth-order valence-corrected chi connectivity index (χ4v) is 3.83. The van der Waals surface area contributed by atoms with Crippen LogP contribution in [0.4, 0.5) is 0 Å². The lowest BCUT2D eigenvalue weighted by Crippen LogP contribution is -2.39. The van der Waals surface area contributed by atoms with E-state index in [9.17, 15) is 0 Å². The molecule has 3 rings (SSSR count). The number of hydrogen-bond donors (Lipinski definition) is 0. The van der Waals surface area contributed by atoms with Crippen LogP contribution in [0.1, 0.15) is 29.3 Å². The molecule has 1 aromatic heterocycles. The Bertz CT molecular complexity index is 330. The van der Waals surface area contributed by atoms with E-state index in [1.165, 1.54) is 19.3 Å². The normalized spacial score (nSPS) is 27.6. The van der Waals surface area contributed by atoms with Gasteiger partial charge in [0.05, 0.1) is 13.2 Å². The quantitative estimate of drug-likeness (QED) is 0.725. The summed E-state index contributed by atoms with van der Waals surface area (Å²) in [5, 5.41) is 2.25. The molecule has 2 nitrogen and oxygen atoms in total. The number of fused-ring (bicyclic) bond motifs is 1. The van der Waals surface area contributed by atoms with E-state index in [4.69, 9.17) is 4.74 Å². The highest BCUT2D eigenvalue weighted by molar-refractivity contribution is 7.10. The largest absolute Gasteiger partial charge is 0.379 e. The van der Waals surface area contributed by atoms with Gasteiger partial charge >= 0.3 is 0 Å². The maximum absolute atomic E-state index is 5.42. The van der Waals surface area contributed by atoms with Gasteiger partial charge in [-0.05, 0) is 36.3 Å². The molecule has 2 aliphatic rings.